The van der Waals surface area contributed by atoms with Gasteiger partial charge in [-0.05, 0) is 37.6 Å². The molecule has 17 heavy (non-hydrogen) atoms. The van der Waals surface area contributed by atoms with E-state index >= 15 is 0 Å². The van der Waals surface area contributed by atoms with Gasteiger partial charge in [0.1, 0.15) is 10.8 Å². The van der Waals surface area contributed by atoms with Crippen LogP contribution >= 0.6 is 24.0 Å². The molecule has 0 fully saturated rings. The highest BCUT2D eigenvalue weighted by Gasteiger charge is 2.06. The van der Waals surface area contributed by atoms with Gasteiger partial charge in [-0.2, -0.15) is 12.6 Å². The minimum atomic E-state index is 0.695. The number of nitrogens with zero attached hydrogens (tertiary/aromatic N) is 1. The maximum Gasteiger partial charge on any atom is 0.122 e. The van der Waals surface area contributed by atoms with Crippen LogP contribution in [0.2, 0.25) is 0 Å². The fourth-order valence-electron chi connectivity index (χ4n) is 1.64. The number of aryl methyl sites for hydroxylation is 1. The lowest BCUT2D eigenvalue weighted by molar-refractivity contribution is 0.338. The van der Waals surface area contributed by atoms with Crippen LogP contribution < -0.4 is 4.74 Å². The van der Waals surface area contributed by atoms with E-state index in [4.69, 9.17) is 4.74 Å². The monoisotopic (exact) mass is 265 g/mol. The summed E-state index contributed by atoms with van der Waals surface area (Å²) in [5.41, 5.74) is 3.30. The molecule has 0 aliphatic heterocycles. The van der Waals surface area contributed by atoms with Gasteiger partial charge in [0.25, 0.3) is 0 Å². The van der Waals surface area contributed by atoms with Crippen molar-refractivity contribution in [3.63, 3.8) is 0 Å². The summed E-state index contributed by atoms with van der Waals surface area (Å²) in [7, 11) is 0. The second-order valence-corrected chi connectivity index (χ2v) is 4.96. The highest BCUT2D eigenvalue weighted by atomic mass is 32.1. The van der Waals surface area contributed by atoms with Crippen LogP contribution in [0.1, 0.15) is 17.5 Å². The molecular formula is C13H15NOS2. The zero-order chi connectivity index (χ0) is 12.3. The van der Waals surface area contributed by atoms with Crippen LogP contribution in [0, 0.1) is 6.92 Å². The molecule has 1 heterocycles. The van der Waals surface area contributed by atoms with Gasteiger partial charge in [-0.25, -0.2) is 4.98 Å². The largest absolute Gasteiger partial charge is 0.494 e. The lowest BCUT2D eigenvalue weighted by atomic mass is 10.1. The average molecular weight is 265 g/mol. The molecule has 0 atom stereocenters. The van der Waals surface area contributed by atoms with E-state index < -0.39 is 0 Å². The Balaban J connectivity index is 2.30. The molecule has 2 nitrogen and oxygen atoms in total. The second-order valence-electron chi connectivity index (χ2n) is 3.70. The maximum atomic E-state index is 5.52. The number of aromatic nitrogens is 1. The van der Waals surface area contributed by atoms with Crippen LogP contribution in [0.15, 0.2) is 23.6 Å². The van der Waals surface area contributed by atoms with Crippen molar-refractivity contribution >= 4 is 24.0 Å². The van der Waals surface area contributed by atoms with Gasteiger partial charge in [0.2, 0.25) is 0 Å². The summed E-state index contributed by atoms with van der Waals surface area (Å²) < 4.78 is 5.52. The van der Waals surface area contributed by atoms with Gasteiger partial charge in [0, 0.05) is 16.7 Å². The topological polar surface area (TPSA) is 22.1 Å². The van der Waals surface area contributed by atoms with Crippen molar-refractivity contribution in [3.8, 4) is 17.0 Å². The first-order chi connectivity index (χ1) is 8.24. The Labute approximate surface area is 111 Å². The summed E-state index contributed by atoms with van der Waals surface area (Å²) >= 11 is 5.87. The Bertz CT molecular complexity index is 508. The molecule has 0 saturated heterocycles. The first kappa shape index (κ1) is 12.5. The quantitative estimate of drug-likeness (QED) is 0.846. The molecule has 90 valence electrons. The van der Waals surface area contributed by atoms with E-state index in [1.807, 2.05) is 13.0 Å². The highest BCUT2D eigenvalue weighted by Crippen LogP contribution is 2.27. The Hall–Kier alpha value is -1.00. The minimum absolute atomic E-state index is 0.695. The van der Waals surface area contributed by atoms with E-state index in [-0.39, 0.29) is 0 Å². The summed E-state index contributed by atoms with van der Waals surface area (Å²) in [5.74, 6) is 1.64. The van der Waals surface area contributed by atoms with Crippen molar-refractivity contribution in [2.75, 3.05) is 6.61 Å². The number of hydrogen-bond acceptors (Lipinski definition) is 4. The Morgan fingerprint density at radius 1 is 1.41 bits per heavy atom. The van der Waals surface area contributed by atoms with Crippen molar-refractivity contribution in [2.24, 2.45) is 0 Å². The van der Waals surface area contributed by atoms with E-state index in [1.165, 1.54) is 0 Å². The third-order valence-electron chi connectivity index (χ3n) is 2.46. The van der Waals surface area contributed by atoms with E-state index in [2.05, 4.69) is 42.0 Å². The normalized spacial score (nSPS) is 10.5. The second kappa shape index (κ2) is 5.56. The number of hydrogen-bond donors (Lipinski definition) is 1. The fraction of sp³-hybridized carbons (Fsp3) is 0.308. The Morgan fingerprint density at radius 2 is 2.24 bits per heavy atom. The van der Waals surface area contributed by atoms with Gasteiger partial charge in [-0.15, -0.1) is 11.3 Å². The molecule has 1 aromatic carbocycles. The lowest BCUT2D eigenvalue weighted by Gasteiger charge is -2.07. The van der Waals surface area contributed by atoms with Gasteiger partial charge in [0.15, 0.2) is 0 Å². The SMILES string of the molecule is CCOc1ccc(-c2csc(CS)n2)cc1C. The smallest absolute Gasteiger partial charge is 0.122 e. The fourth-order valence-corrected chi connectivity index (χ4v) is 2.60. The number of rotatable bonds is 4. The van der Waals surface area contributed by atoms with E-state index in [0.717, 1.165) is 27.6 Å². The molecule has 2 aromatic rings. The van der Waals surface area contributed by atoms with Crippen LogP contribution in [-0.4, -0.2) is 11.6 Å². The van der Waals surface area contributed by atoms with Gasteiger partial charge in [0.05, 0.1) is 12.3 Å². The van der Waals surface area contributed by atoms with Gasteiger partial charge in [-0.1, -0.05) is 0 Å². The van der Waals surface area contributed by atoms with Crippen molar-refractivity contribution in [1.29, 1.82) is 0 Å². The molecule has 1 aromatic heterocycles. The van der Waals surface area contributed by atoms with Crippen molar-refractivity contribution in [2.45, 2.75) is 19.6 Å². The molecule has 0 amide bonds. The Kier molecular flexibility index (Phi) is 4.07. The lowest BCUT2D eigenvalue weighted by Crippen LogP contribution is -1.94. The number of benzene rings is 1. The van der Waals surface area contributed by atoms with E-state index in [9.17, 15) is 0 Å². The first-order valence-corrected chi connectivity index (χ1v) is 7.05. The molecular weight excluding hydrogens is 250 g/mol. The molecule has 0 aliphatic rings. The molecule has 4 heteroatoms. The number of thiazole rings is 1. The molecule has 0 aliphatic carbocycles. The molecule has 2 rings (SSSR count). The van der Waals surface area contributed by atoms with E-state index in [1.54, 1.807) is 11.3 Å². The van der Waals surface area contributed by atoms with Crippen molar-refractivity contribution in [1.82, 2.24) is 4.98 Å². The summed E-state index contributed by atoms with van der Waals surface area (Å²) in [4.78, 5) is 4.52. The van der Waals surface area contributed by atoms with Crippen LogP contribution in [-0.2, 0) is 5.75 Å². The molecule has 0 bridgehead atoms. The Morgan fingerprint density at radius 3 is 2.82 bits per heavy atom. The molecule has 0 spiro atoms. The predicted octanol–water partition coefficient (Wildman–Crippen LogP) is 3.95. The summed E-state index contributed by atoms with van der Waals surface area (Å²) in [6.07, 6.45) is 0. The number of thiol groups is 1. The maximum absolute atomic E-state index is 5.52. The summed E-state index contributed by atoms with van der Waals surface area (Å²) in [6.45, 7) is 4.74. The molecule has 0 N–H and O–H groups in total. The van der Waals surface area contributed by atoms with Crippen LogP contribution in [0.5, 0.6) is 5.75 Å². The molecule has 0 unspecified atom stereocenters. The summed E-state index contributed by atoms with van der Waals surface area (Å²) in [5, 5.41) is 3.12. The predicted molar refractivity (Wildman–Crippen MR) is 76.1 cm³/mol. The zero-order valence-corrected chi connectivity index (χ0v) is 11.6. The average Bonchev–Trinajstić information content (AvgIpc) is 2.80. The van der Waals surface area contributed by atoms with Crippen LogP contribution in [0.3, 0.4) is 0 Å². The van der Waals surface area contributed by atoms with E-state index in [0.29, 0.717) is 12.4 Å². The minimum Gasteiger partial charge on any atom is -0.494 e. The van der Waals surface area contributed by atoms with Crippen LogP contribution in [0.4, 0.5) is 0 Å². The molecule has 0 saturated carbocycles. The van der Waals surface area contributed by atoms with Gasteiger partial charge >= 0.3 is 0 Å². The third-order valence-corrected chi connectivity index (χ3v) is 3.82. The third kappa shape index (κ3) is 2.82. The van der Waals surface area contributed by atoms with Gasteiger partial charge in [-0.3, -0.25) is 0 Å². The van der Waals surface area contributed by atoms with Gasteiger partial charge < -0.3 is 4.74 Å². The standard InChI is InChI=1S/C13H15NOS2/c1-3-15-12-5-4-10(6-9(12)2)11-8-17-13(7-16)14-11/h4-6,8,16H,3,7H2,1-2H3. The van der Waals surface area contributed by atoms with Crippen LogP contribution in [0.25, 0.3) is 11.3 Å². The first-order valence-electron chi connectivity index (χ1n) is 5.53. The molecule has 0 radical (unpaired) electrons. The number of ether oxygens (including phenoxy) is 1. The van der Waals surface area contributed by atoms with Crippen molar-refractivity contribution in [3.05, 3.63) is 34.2 Å². The summed E-state index contributed by atoms with van der Waals surface area (Å²) in [6, 6.07) is 6.17. The zero-order valence-electron chi connectivity index (χ0n) is 9.93. The highest BCUT2D eigenvalue weighted by molar-refractivity contribution is 7.79. The van der Waals surface area contributed by atoms with Crippen molar-refractivity contribution < 1.29 is 4.74 Å².